The zero-order valence-corrected chi connectivity index (χ0v) is 17.2. The average molecular weight is 468 g/mol. The van der Waals surface area contributed by atoms with E-state index in [0.717, 1.165) is 30.2 Å². The highest BCUT2D eigenvalue weighted by molar-refractivity contribution is 14.0. The molecule has 0 aliphatic carbocycles. The van der Waals surface area contributed by atoms with Crippen LogP contribution in [0.25, 0.3) is 0 Å². The fourth-order valence-corrected chi connectivity index (χ4v) is 2.60. The van der Waals surface area contributed by atoms with Gasteiger partial charge in [-0.1, -0.05) is 0 Å². The SMILES string of the molecule is CCNC(=O)CN=C(NCC)NCCCSc1ccc(F)cc1.I. The average Bonchev–Trinajstić information content (AvgIpc) is 2.54. The van der Waals surface area contributed by atoms with Crippen molar-refractivity contribution in [1.82, 2.24) is 16.0 Å². The summed E-state index contributed by atoms with van der Waals surface area (Å²) in [4.78, 5) is 16.7. The second kappa shape index (κ2) is 14.3. The summed E-state index contributed by atoms with van der Waals surface area (Å²) in [5.41, 5.74) is 0. The van der Waals surface area contributed by atoms with Gasteiger partial charge in [-0.15, -0.1) is 35.7 Å². The van der Waals surface area contributed by atoms with Crippen LogP contribution in [0.4, 0.5) is 4.39 Å². The summed E-state index contributed by atoms with van der Waals surface area (Å²) >= 11 is 1.69. The van der Waals surface area contributed by atoms with Crippen molar-refractivity contribution in [3.63, 3.8) is 0 Å². The quantitative estimate of drug-likeness (QED) is 0.172. The van der Waals surface area contributed by atoms with Gasteiger partial charge in [-0.05, 0) is 50.3 Å². The summed E-state index contributed by atoms with van der Waals surface area (Å²) in [6.07, 6.45) is 0.938. The number of rotatable bonds is 9. The molecule has 0 heterocycles. The standard InChI is InChI=1S/C16H25FN4OS.HI/c1-3-18-15(22)12-21-16(19-4-2)20-10-5-11-23-14-8-6-13(17)7-9-14;/h6-9H,3-5,10-12H2,1-2H3,(H,18,22)(H2,19,20,21);1H. The number of hydrogen-bond donors (Lipinski definition) is 3. The van der Waals surface area contributed by atoms with Crippen LogP contribution in [-0.4, -0.2) is 43.8 Å². The monoisotopic (exact) mass is 468 g/mol. The Morgan fingerprint density at radius 1 is 1.12 bits per heavy atom. The maximum atomic E-state index is 12.8. The fourth-order valence-electron chi connectivity index (χ4n) is 1.75. The molecule has 0 spiro atoms. The van der Waals surface area contributed by atoms with Gasteiger partial charge in [0, 0.05) is 24.5 Å². The van der Waals surface area contributed by atoms with Crippen molar-refractivity contribution in [2.75, 3.05) is 31.9 Å². The lowest BCUT2D eigenvalue weighted by atomic mass is 10.4. The Labute approximate surface area is 164 Å². The van der Waals surface area contributed by atoms with Crippen molar-refractivity contribution in [3.05, 3.63) is 30.1 Å². The molecule has 1 aromatic carbocycles. The molecule has 0 bridgehead atoms. The van der Waals surface area contributed by atoms with Gasteiger partial charge in [0.1, 0.15) is 12.4 Å². The zero-order chi connectivity index (χ0) is 16.9. The number of carbonyl (C=O) groups is 1. The highest BCUT2D eigenvalue weighted by Crippen LogP contribution is 2.18. The van der Waals surface area contributed by atoms with Gasteiger partial charge < -0.3 is 16.0 Å². The van der Waals surface area contributed by atoms with Gasteiger partial charge in [-0.3, -0.25) is 4.79 Å². The highest BCUT2D eigenvalue weighted by atomic mass is 127. The van der Waals surface area contributed by atoms with Crippen molar-refractivity contribution in [2.45, 2.75) is 25.2 Å². The van der Waals surface area contributed by atoms with Crippen LogP contribution in [0, 0.1) is 5.82 Å². The van der Waals surface area contributed by atoms with Crippen molar-refractivity contribution < 1.29 is 9.18 Å². The van der Waals surface area contributed by atoms with Crippen molar-refractivity contribution in [2.24, 2.45) is 4.99 Å². The fraction of sp³-hybridized carbons (Fsp3) is 0.500. The van der Waals surface area contributed by atoms with E-state index in [4.69, 9.17) is 0 Å². The van der Waals surface area contributed by atoms with Crippen LogP contribution in [0.2, 0.25) is 0 Å². The van der Waals surface area contributed by atoms with Gasteiger partial charge in [0.25, 0.3) is 0 Å². The van der Waals surface area contributed by atoms with Crippen LogP contribution in [0.1, 0.15) is 20.3 Å². The molecule has 24 heavy (non-hydrogen) atoms. The lowest BCUT2D eigenvalue weighted by Gasteiger charge is -2.11. The number of aliphatic imine (C=N–C) groups is 1. The van der Waals surface area contributed by atoms with Crippen LogP contribution in [0.15, 0.2) is 34.2 Å². The normalized spacial score (nSPS) is 10.7. The molecule has 0 aliphatic rings. The second-order valence-corrected chi connectivity index (χ2v) is 5.90. The molecule has 0 saturated heterocycles. The van der Waals surface area contributed by atoms with E-state index in [9.17, 15) is 9.18 Å². The Bertz CT molecular complexity index is 499. The molecule has 0 unspecified atom stereocenters. The smallest absolute Gasteiger partial charge is 0.241 e. The van der Waals surface area contributed by atoms with Gasteiger partial charge >= 0.3 is 0 Å². The molecular weight excluding hydrogens is 442 g/mol. The van der Waals surface area contributed by atoms with E-state index in [1.807, 2.05) is 13.8 Å². The van der Waals surface area contributed by atoms with E-state index in [2.05, 4.69) is 20.9 Å². The van der Waals surface area contributed by atoms with Crippen LogP contribution in [0.5, 0.6) is 0 Å². The largest absolute Gasteiger partial charge is 0.357 e. The molecule has 0 fully saturated rings. The van der Waals surface area contributed by atoms with Crippen LogP contribution in [0.3, 0.4) is 0 Å². The maximum Gasteiger partial charge on any atom is 0.241 e. The number of thioether (sulfide) groups is 1. The lowest BCUT2D eigenvalue weighted by molar-refractivity contribution is -0.119. The predicted octanol–water partition coefficient (Wildman–Crippen LogP) is 2.62. The first-order chi connectivity index (χ1) is 11.2. The minimum absolute atomic E-state index is 0. The Morgan fingerprint density at radius 3 is 2.42 bits per heavy atom. The number of nitrogens with zero attached hydrogens (tertiary/aromatic N) is 1. The maximum absolute atomic E-state index is 12.8. The Hall–Kier alpha value is -1.03. The molecule has 0 aromatic heterocycles. The van der Waals surface area contributed by atoms with E-state index >= 15 is 0 Å². The molecule has 136 valence electrons. The molecule has 1 aromatic rings. The molecule has 0 saturated carbocycles. The Morgan fingerprint density at radius 2 is 1.79 bits per heavy atom. The van der Waals surface area contributed by atoms with Crippen LogP contribution < -0.4 is 16.0 Å². The van der Waals surface area contributed by atoms with Gasteiger partial charge in [0.2, 0.25) is 5.91 Å². The number of likely N-dealkylation sites (N-methyl/N-ethyl adjacent to an activating group) is 1. The van der Waals surface area contributed by atoms with Crippen molar-refractivity contribution in [1.29, 1.82) is 0 Å². The second-order valence-electron chi connectivity index (χ2n) is 4.73. The third kappa shape index (κ3) is 10.7. The number of halogens is 2. The minimum Gasteiger partial charge on any atom is -0.357 e. The first-order valence-corrected chi connectivity index (χ1v) is 8.81. The number of carbonyl (C=O) groups excluding carboxylic acids is 1. The Kier molecular flexibility index (Phi) is 13.7. The third-order valence-corrected chi connectivity index (χ3v) is 3.89. The molecule has 3 N–H and O–H groups in total. The number of amides is 1. The molecule has 1 rings (SSSR count). The summed E-state index contributed by atoms with van der Waals surface area (Å²) in [5, 5.41) is 9.01. The topological polar surface area (TPSA) is 65.5 Å². The minimum atomic E-state index is -0.213. The Balaban J connectivity index is 0.00000529. The van der Waals surface area contributed by atoms with Gasteiger partial charge in [-0.2, -0.15) is 0 Å². The van der Waals surface area contributed by atoms with E-state index < -0.39 is 0 Å². The molecular formula is C16H26FIN4OS. The molecule has 8 heteroatoms. The van der Waals surface area contributed by atoms with E-state index in [1.54, 1.807) is 23.9 Å². The summed E-state index contributed by atoms with van der Waals surface area (Å²) < 4.78 is 12.8. The van der Waals surface area contributed by atoms with E-state index in [0.29, 0.717) is 12.5 Å². The van der Waals surface area contributed by atoms with Gasteiger partial charge in [0.05, 0.1) is 0 Å². The first-order valence-electron chi connectivity index (χ1n) is 7.83. The van der Waals surface area contributed by atoms with Crippen LogP contribution in [-0.2, 0) is 4.79 Å². The zero-order valence-electron chi connectivity index (χ0n) is 14.1. The number of hydrogen-bond acceptors (Lipinski definition) is 3. The lowest BCUT2D eigenvalue weighted by Crippen LogP contribution is -2.39. The van der Waals surface area contributed by atoms with Crippen molar-refractivity contribution >= 4 is 47.6 Å². The molecule has 0 radical (unpaired) electrons. The molecule has 0 aliphatic heterocycles. The van der Waals surface area contributed by atoms with E-state index in [1.165, 1.54) is 12.1 Å². The summed E-state index contributed by atoms with van der Waals surface area (Å²) in [6, 6.07) is 6.51. The number of guanidine groups is 1. The molecule has 1 amide bonds. The van der Waals surface area contributed by atoms with Crippen molar-refractivity contribution in [3.8, 4) is 0 Å². The number of benzene rings is 1. The van der Waals surface area contributed by atoms with Gasteiger partial charge in [0.15, 0.2) is 5.96 Å². The number of nitrogens with one attached hydrogen (secondary N) is 3. The van der Waals surface area contributed by atoms with Crippen LogP contribution >= 0.6 is 35.7 Å². The summed E-state index contributed by atoms with van der Waals surface area (Å²) in [7, 11) is 0. The predicted molar refractivity (Wildman–Crippen MR) is 110 cm³/mol. The van der Waals surface area contributed by atoms with Gasteiger partial charge in [-0.25, -0.2) is 9.38 Å². The highest BCUT2D eigenvalue weighted by Gasteiger charge is 2.01. The molecule has 5 nitrogen and oxygen atoms in total. The summed E-state index contributed by atoms with van der Waals surface area (Å²) in [5.74, 6) is 1.27. The summed E-state index contributed by atoms with van der Waals surface area (Å²) in [6.45, 7) is 6.09. The molecule has 0 atom stereocenters. The third-order valence-electron chi connectivity index (χ3n) is 2.79. The van der Waals surface area contributed by atoms with E-state index in [-0.39, 0.29) is 42.2 Å². The first kappa shape index (κ1) is 23.0.